The number of rotatable bonds is 4. The van der Waals surface area contributed by atoms with Crippen molar-refractivity contribution in [3.63, 3.8) is 0 Å². The Hall–Kier alpha value is -2.35. The average molecular weight is 329 g/mol. The van der Waals surface area contributed by atoms with E-state index in [1.807, 2.05) is 0 Å². The number of carbonyl (C=O) groups excluding carboxylic acids is 1. The Bertz CT molecular complexity index is 832. The van der Waals surface area contributed by atoms with E-state index in [2.05, 4.69) is 0 Å². The Kier molecular flexibility index (Phi) is 4.74. The van der Waals surface area contributed by atoms with Gasteiger partial charge in [-0.25, -0.2) is 18.0 Å². The van der Waals surface area contributed by atoms with Crippen molar-refractivity contribution in [3.05, 3.63) is 45.5 Å². The molecule has 1 heterocycles. The second-order valence-corrected chi connectivity index (χ2v) is 4.91. The quantitative estimate of drug-likeness (QED) is 0.689. The molecule has 0 amide bonds. The molecule has 1 atom stereocenters. The summed E-state index contributed by atoms with van der Waals surface area (Å²) in [6, 6.07) is -0.259. The lowest BCUT2D eigenvalue weighted by Gasteiger charge is -2.18. The molecule has 0 saturated carbocycles. The molecule has 0 aliphatic rings. The molecule has 0 aliphatic heterocycles. The zero-order chi connectivity index (χ0) is 17.3. The van der Waals surface area contributed by atoms with Gasteiger partial charge in [0.1, 0.15) is 5.56 Å². The number of hydrogen-bond donors (Lipinski definition) is 1. The maximum absolute atomic E-state index is 14.1. The number of halogens is 3. The van der Waals surface area contributed by atoms with E-state index in [4.69, 9.17) is 4.74 Å². The molecule has 0 bridgehead atoms. The predicted octanol–water partition coefficient (Wildman–Crippen LogP) is 2.15. The standard InChI is InChI=1S/C15H14F3NO4/c1-3-23-15(22)9-5-19(7(2)6-20)13-8(14(9)21)4-10(16)11(17)12(13)18/h4-5,7,20H,3,6H2,1-2H3/t7-/m0/s1. The number of fused-ring (bicyclic) bond motifs is 1. The minimum Gasteiger partial charge on any atom is -0.462 e. The Balaban J connectivity index is 2.95. The summed E-state index contributed by atoms with van der Waals surface area (Å²) >= 11 is 0. The number of hydrogen-bond acceptors (Lipinski definition) is 4. The Morgan fingerprint density at radius 1 is 1.35 bits per heavy atom. The second-order valence-electron chi connectivity index (χ2n) is 4.91. The summed E-state index contributed by atoms with van der Waals surface area (Å²) in [6.45, 7) is 2.51. The van der Waals surface area contributed by atoms with Crippen LogP contribution in [0.2, 0.25) is 0 Å². The van der Waals surface area contributed by atoms with Crippen molar-refractivity contribution < 1.29 is 27.8 Å². The average Bonchev–Trinajstić information content (AvgIpc) is 2.53. The van der Waals surface area contributed by atoms with Crippen LogP contribution in [0.3, 0.4) is 0 Å². The lowest BCUT2D eigenvalue weighted by Crippen LogP contribution is -2.24. The summed E-state index contributed by atoms with van der Waals surface area (Å²) in [5.74, 6) is -5.81. The summed E-state index contributed by atoms with van der Waals surface area (Å²) in [5.41, 5.74) is -1.95. The number of aliphatic hydroxyl groups excluding tert-OH is 1. The topological polar surface area (TPSA) is 68.5 Å². The second kappa shape index (κ2) is 6.41. The molecule has 1 aromatic carbocycles. The van der Waals surface area contributed by atoms with E-state index in [1.165, 1.54) is 13.8 Å². The van der Waals surface area contributed by atoms with E-state index in [1.54, 1.807) is 0 Å². The van der Waals surface area contributed by atoms with Crippen molar-refractivity contribution in [2.24, 2.45) is 0 Å². The first-order valence-corrected chi connectivity index (χ1v) is 6.83. The van der Waals surface area contributed by atoms with Gasteiger partial charge in [-0.15, -0.1) is 0 Å². The van der Waals surface area contributed by atoms with Gasteiger partial charge in [-0.05, 0) is 19.9 Å². The molecule has 8 heteroatoms. The summed E-state index contributed by atoms with van der Waals surface area (Å²) in [6.07, 6.45) is 0.976. The van der Waals surface area contributed by atoms with E-state index in [0.717, 1.165) is 10.8 Å². The fraction of sp³-hybridized carbons (Fsp3) is 0.333. The molecule has 5 nitrogen and oxygen atoms in total. The van der Waals surface area contributed by atoms with Crippen LogP contribution in [0.5, 0.6) is 0 Å². The number of aromatic nitrogens is 1. The summed E-state index contributed by atoms with van der Waals surface area (Å²) < 4.78 is 46.8. The molecule has 0 aliphatic carbocycles. The predicted molar refractivity (Wildman–Crippen MR) is 75.8 cm³/mol. The molecular formula is C15H14F3NO4. The first-order valence-electron chi connectivity index (χ1n) is 6.83. The Morgan fingerprint density at radius 3 is 2.57 bits per heavy atom. The van der Waals surface area contributed by atoms with Crippen LogP contribution < -0.4 is 5.43 Å². The maximum Gasteiger partial charge on any atom is 0.343 e. The first-order chi connectivity index (χ1) is 10.8. The van der Waals surface area contributed by atoms with Crippen LogP contribution in [0.25, 0.3) is 10.9 Å². The van der Waals surface area contributed by atoms with Gasteiger partial charge in [0.25, 0.3) is 0 Å². The number of carbonyl (C=O) groups is 1. The van der Waals surface area contributed by atoms with Crippen molar-refractivity contribution in [1.29, 1.82) is 0 Å². The molecule has 0 unspecified atom stereocenters. The Morgan fingerprint density at radius 2 is 2.00 bits per heavy atom. The number of benzene rings is 1. The van der Waals surface area contributed by atoms with Crippen molar-refractivity contribution in [3.8, 4) is 0 Å². The summed E-state index contributed by atoms with van der Waals surface area (Å²) in [7, 11) is 0. The van der Waals surface area contributed by atoms with E-state index in [-0.39, 0.29) is 6.61 Å². The fourth-order valence-corrected chi connectivity index (χ4v) is 2.21. The molecule has 0 radical (unpaired) electrons. The van der Waals surface area contributed by atoms with Gasteiger partial charge in [-0.1, -0.05) is 0 Å². The number of pyridine rings is 1. The molecule has 0 spiro atoms. The van der Waals surface area contributed by atoms with E-state index in [0.29, 0.717) is 6.07 Å². The van der Waals surface area contributed by atoms with Gasteiger partial charge >= 0.3 is 5.97 Å². The van der Waals surface area contributed by atoms with Crippen LogP contribution in [0.1, 0.15) is 30.2 Å². The lowest BCUT2D eigenvalue weighted by molar-refractivity contribution is 0.0523. The number of esters is 1. The monoisotopic (exact) mass is 329 g/mol. The van der Waals surface area contributed by atoms with E-state index in [9.17, 15) is 27.9 Å². The highest BCUT2D eigenvalue weighted by molar-refractivity contribution is 5.94. The van der Waals surface area contributed by atoms with Gasteiger partial charge in [0.2, 0.25) is 5.43 Å². The number of nitrogens with zero attached hydrogens (tertiary/aromatic N) is 1. The SMILES string of the molecule is CCOC(=O)c1cn([C@@H](C)CO)c2c(F)c(F)c(F)cc2c1=O. The van der Waals surface area contributed by atoms with Crippen molar-refractivity contribution in [2.45, 2.75) is 19.9 Å². The van der Waals surface area contributed by atoms with E-state index >= 15 is 0 Å². The third-order valence-electron chi connectivity index (χ3n) is 3.39. The van der Waals surface area contributed by atoms with Crippen LogP contribution in [0.4, 0.5) is 13.2 Å². The molecule has 1 aromatic heterocycles. The van der Waals surface area contributed by atoms with Crippen LogP contribution in [0.15, 0.2) is 17.1 Å². The van der Waals surface area contributed by atoms with E-state index < -0.39 is 58.0 Å². The zero-order valence-corrected chi connectivity index (χ0v) is 12.4. The van der Waals surface area contributed by atoms with Gasteiger partial charge in [-0.3, -0.25) is 4.79 Å². The minimum absolute atomic E-state index is 0.00198. The first kappa shape index (κ1) is 17.0. The van der Waals surface area contributed by atoms with Gasteiger partial charge < -0.3 is 14.4 Å². The zero-order valence-electron chi connectivity index (χ0n) is 12.4. The van der Waals surface area contributed by atoms with Gasteiger partial charge in [-0.2, -0.15) is 0 Å². The number of ether oxygens (including phenoxy) is 1. The van der Waals surface area contributed by atoms with Gasteiger partial charge in [0, 0.05) is 6.20 Å². The smallest absolute Gasteiger partial charge is 0.343 e. The molecule has 23 heavy (non-hydrogen) atoms. The van der Waals surface area contributed by atoms with Crippen LogP contribution in [-0.4, -0.2) is 28.9 Å². The van der Waals surface area contributed by atoms with Gasteiger partial charge in [0.15, 0.2) is 17.5 Å². The molecule has 124 valence electrons. The van der Waals surface area contributed by atoms with Crippen LogP contribution in [-0.2, 0) is 4.74 Å². The third kappa shape index (κ3) is 2.81. The minimum atomic E-state index is -1.74. The molecular weight excluding hydrogens is 315 g/mol. The number of aliphatic hydroxyl groups is 1. The van der Waals surface area contributed by atoms with Crippen molar-refractivity contribution in [2.75, 3.05) is 13.2 Å². The molecule has 0 fully saturated rings. The highest BCUT2D eigenvalue weighted by Crippen LogP contribution is 2.24. The van der Waals surface area contributed by atoms with Crippen LogP contribution >= 0.6 is 0 Å². The molecule has 2 aromatic rings. The maximum atomic E-state index is 14.1. The Labute approximate surface area is 128 Å². The normalized spacial score (nSPS) is 12.4. The largest absolute Gasteiger partial charge is 0.462 e. The highest BCUT2D eigenvalue weighted by Gasteiger charge is 2.24. The summed E-state index contributed by atoms with van der Waals surface area (Å²) in [4.78, 5) is 24.1. The van der Waals surface area contributed by atoms with Crippen molar-refractivity contribution >= 4 is 16.9 Å². The third-order valence-corrected chi connectivity index (χ3v) is 3.39. The highest BCUT2D eigenvalue weighted by atomic mass is 19.2. The fourth-order valence-electron chi connectivity index (χ4n) is 2.21. The molecule has 2 rings (SSSR count). The van der Waals surface area contributed by atoms with Gasteiger partial charge in [0.05, 0.1) is 30.2 Å². The molecule has 0 saturated heterocycles. The molecule has 1 N–H and O–H groups in total. The van der Waals surface area contributed by atoms with Crippen molar-refractivity contribution in [1.82, 2.24) is 4.57 Å². The lowest BCUT2D eigenvalue weighted by atomic mass is 10.1. The van der Waals surface area contributed by atoms with Crippen LogP contribution in [0, 0.1) is 17.5 Å². The summed E-state index contributed by atoms with van der Waals surface area (Å²) in [5, 5.41) is 8.75.